The summed E-state index contributed by atoms with van der Waals surface area (Å²) in [6, 6.07) is 14.1. The van der Waals surface area contributed by atoms with Gasteiger partial charge in [-0.3, -0.25) is 9.59 Å². The Hall–Kier alpha value is -2.89. The molecule has 1 aliphatic rings. The Bertz CT molecular complexity index is 902. The van der Waals surface area contributed by atoms with E-state index in [1.807, 2.05) is 34.1 Å². The molecule has 0 atom stereocenters. The number of para-hydroxylation sites is 2. The van der Waals surface area contributed by atoms with Crippen molar-refractivity contribution >= 4 is 17.5 Å². The number of carbonyl (C=O) groups excluding carboxylic acids is 2. The van der Waals surface area contributed by atoms with Gasteiger partial charge in [-0.25, -0.2) is 4.39 Å². The first-order valence-corrected chi connectivity index (χ1v) is 11.6. The summed E-state index contributed by atoms with van der Waals surface area (Å²) in [5, 5.41) is 0. The van der Waals surface area contributed by atoms with Crippen molar-refractivity contribution in [3.63, 3.8) is 0 Å². The molecule has 2 aromatic carbocycles. The molecular formula is C26H33FN2O3. The lowest BCUT2D eigenvalue weighted by molar-refractivity contribution is -0.132. The summed E-state index contributed by atoms with van der Waals surface area (Å²) >= 11 is 0. The maximum atomic E-state index is 13.7. The normalized spacial score (nSPS) is 15.3. The maximum Gasteiger partial charge on any atom is 0.223 e. The van der Waals surface area contributed by atoms with E-state index in [0.29, 0.717) is 32.5 Å². The van der Waals surface area contributed by atoms with Crippen LogP contribution in [0.3, 0.4) is 0 Å². The molecule has 32 heavy (non-hydrogen) atoms. The van der Waals surface area contributed by atoms with Gasteiger partial charge in [-0.2, -0.15) is 0 Å². The summed E-state index contributed by atoms with van der Waals surface area (Å²) in [5.41, 5.74) is 1.88. The number of amides is 2. The highest BCUT2D eigenvalue weighted by atomic mass is 19.1. The lowest BCUT2D eigenvalue weighted by Gasteiger charge is -2.29. The minimum Gasteiger partial charge on any atom is -0.491 e. The molecule has 0 N–H and O–H groups in total. The van der Waals surface area contributed by atoms with Crippen molar-refractivity contribution in [3.05, 3.63) is 59.9 Å². The third-order valence-electron chi connectivity index (χ3n) is 5.82. The van der Waals surface area contributed by atoms with Crippen molar-refractivity contribution in [3.8, 4) is 5.75 Å². The van der Waals surface area contributed by atoms with E-state index >= 15 is 0 Å². The zero-order chi connectivity index (χ0) is 22.8. The van der Waals surface area contributed by atoms with E-state index in [-0.39, 0.29) is 24.2 Å². The van der Waals surface area contributed by atoms with Crippen LogP contribution >= 0.6 is 0 Å². The van der Waals surface area contributed by atoms with Gasteiger partial charge in [0.05, 0.1) is 6.61 Å². The Morgan fingerprint density at radius 2 is 1.62 bits per heavy atom. The van der Waals surface area contributed by atoms with E-state index in [1.54, 1.807) is 25.1 Å². The first-order chi connectivity index (χ1) is 15.6. The van der Waals surface area contributed by atoms with Crippen LogP contribution in [0.1, 0.15) is 57.4 Å². The highest BCUT2D eigenvalue weighted by Crippen LogP contribution is 2.25. The number of carbonyl (C=O) groups is 2. The summed E-state index contributed by atoms with van der Waals surface area (Å²) in [7, 11) is 0. The van der Waals surface area contributed by atoms with Crippen LogP contribution in [0, 0.1) is 5.82 Å². The number of anilines is 1. The predicted molar refractivity (Wildman–Crippen MR) is 124 cm³/mol. The van der Waals surface area contributed by atoms with E-state index in [9.17, 15) is 14.0 Å². The molecule has 0 radical (unpaired) electrons. The Morgan fingerprint density at radius 1 is 0.938 bits per heavy atom. The molecular weight excluding hydrogens is 407 g/mol. The zero-order valence-corrected chi connectivity index (χ0v) is 18.9. The van der Waals surface area contributed by atoms with Crippen LogP contribution in [0.2, 0.25) is 0 Å². The number of halogens is 1. The molecule has 6 heteroatoms. The highest BCUT2D eigenvalue weighted by Gasteiger charge is 2.20. The Morgan fingerprint density at radius 3 is 2.41 bits per heavy atom. The SMILES string of the molecule is CC(=O)N1CCCCCCCN(C(=O)CCCOc2ccccc2F)Cc2ccccc21. The minimum absolute atomic E-state index is 0.0256. The Labute approximate surface area is 190 Å². The van der Waals surface area contributed by atoms with E-state index in [4.69, 9.17) is 4.74 Å². The number of rotatable bonds is 5. The van der Waals surface area contributed by atoms with Crippen molar-refractivity contribution in [1.82, 2.24) is 4.90 Å². The molecule has 0 fully saturated rings. The van der Waals surface area contributed by atoms with E-state index in [2.05, 4.69) is 0 Å². The van der Waals surface area contributed by atoms with Gasteiger partial charge in [0.25, 0.3) is 0 Å². The summed E-state index contributed by atoms with van der Waals surface area (Å²) in [6.07, 6.45) is 6.06. The highest BCUT2D eigenvalue weighted by molar-refractivity contribution is 5.92. The second kappa shape index (κ2) is 12.2. The van der Waals surface area contributed by atoms with Gasteiger partial charge in [-0.1, -0.05) is 49.6 Å². The van der Waals surface area contributed by atoms with Gasteiger partial charge >= 0.3 is 0 Å². The summed E-state index contributed by atoms with van der Waals surface area (Å²) in [4.78, 5) is 29.1. The van der Waals surface area contributed by atoms with Crippen molar-refractivity contribution in [2.75, 3.05) is 24.6 Å². The van der Waals surface area contributed by atoms with Crippen molar-refractivity contribution in [2.45, 2.75) is 58.4 Å². The number of ether oxygens (including phenoxy) is 1. The molecule has 1 heterocycles. The maximum absolute atomic E-state index is 13.7. The minimum atomic E-state index is -0.395. The van der Waals surface area contributed by atoms with Crippen molar-refractivity contribution in [2.24, 2.45) is 0 Å². The monoisotopic (exact) mass is 440 g/mol. The first-order valence-electron chi connectivity index (χ1n) is 11.6. The molecule has 0 unspecified atom stereocenters. The van der Waals surface area contributed by atoms with Crippen molar-refractivity contribution in [1.29, 1.82) is 0 Å². The topological polar surface area (TPSA) is 49.9 Å². The van der Waals surface area contributed by atoms with Crippen LogP contribution in [0.4, 0.5) is 10.1 Å². The van der Waals surface area contributed by atoms with Crippen LogP contribution in [0.15, 0.2) is 48.5 Å². The number of benzene rings is 2. The average molecular weight is 441 g/mol. The van der Waals surface area contributed by atoms with Crippen LogP contribution < -0.4 is 9.64 Å². The molecule has 5 nitrogen and oxygen atoms in total. The number of nitrogens with zero attached hydrogens (tertiary/aromatic N) is 2. The molecule has 172 valence electrons. The molecule has 3 rings (SSSR count). The molecule has 2 aromatic rings. The largest absolute Gasteiger partial charge is 0.491 e. The van der Waals surface area contributed by atoms with E-state index in [1.165, 1.54) is 6.07 Å². The van der Waals surface area contributed by atoms with Gasteiger partial charge in [0.15, 0.2) is 11.6 Å². The lowest BCUT2D eigenvalue weighted by Crippen LogP contribution is -2.34. The number of hydrogen-bond acceptors (Lipinski definition) is 3. The molecule has 0 saturated heterocycles. The van der Waals surface area contributed by atoms with Gasteiger partial charge in [-0.15, -0.1) is 0 Å². The lowest BCUT2D eigenvalue weighted by atomic mass is 10.1. The second-order valence-electron chi connectivity index (χ2n) is 8.26. The van der Waals surface area contributed by atoms with Gasteiger partial charge in [-0.05, 0) is 43.0 Å². The number of fused-ring (bicyclic) bond motifs is 1. The third-order valence-corrected chi connectivity index (χ3v) is 5.82. The van der Waals surface area contributed by atoms with Gasteiger partial charge < -0.3 is 14.5 Å². The molecule has 0 bridgehead atoms. The fraction of sp³-hybridized carbons (Fsp3) is 0.462. The van der Waals surface area contributed by atoms with E-state index < -0.39 is 5.82 Å². The summed E-state index contributed by atoms with van der Waals surface area (Å²) in [6.45, 7) is 3.76. The molecule has 0 aromatic heterocycles. The van der Waals surface area contributed by atoms with Crippen LogP contribution in [0.25, 0.3) is 0 Å². The smallest absolute Gasteiger partial charge is 0.223 e. The van der Waals surface area contributed by atoms with Gasteiger partial charge in [0.2, 0.25) is 11.8 Å². The average Bonchev–Trinajstić information content (AvgIpc) is 2.78. The van der Waals surface area contributed by atoms with Crippen LogP contribution in [-0.2, 0) is 16.1 Å². The summed E-state index contributed by atoms with van der Waals surface area (Å²) < 4.78 is 19.2. The van der Waals surface area contributed by atoms with Gasteiger partial charge in [0, 0.05) is 38.7 Å². The standard InChI is InChI=1S/C26H33FN2O3/c1-21(30)29-18-10-4-2-3-9-17-28(20-22-12-5-7-14-24(22)29)26(31)16-11-19-32-25-15-8-6-13-23(25)27/h5-8,12-15H,2-4,9-11,16-20H2,1H3. The molecule has 2 amide bonds. The number of hydrogen-bond donors (Lipinski definition) is 0. The first kappa shape index (κ1) is 23.8. The fourth-order valence-corrected chi connectivity index (χ4v) is 4.08. The molecule has 0 spiro atoms. The molecule has 0 saturated carbocycles. The fourth-order valence-electron chi connectivity index (χ4n) is 4.08. The van der Waals surface area contributed by atoms with Crippen LogP contribution in [-0.4, -0.2) is 36.4 Å². The predicted octanol–water partition coefficient (Wildman–Crippen LogP) is 5.33. The van der Waals surface area contributed by atoms with Crippen molar-refractivity contribution < 1.29 is 18.7 Å². The quantitative estimate of drug-likeness (QED) is 0.591. The van der Waals surface area contributed by atoms with Gasteiger partial charge in [0.1, 0.15) is 0 Å². The summed E-state index contributed by atoms with van der Waals surface area (Å²) in [5.74, 6) is -0.0981. The molecule has 0 aliphatic carbocycles. The Balaban J connectivity index is 1.66. The second-order valence-corrected chi connectivity index (χ2v) is 8.26. The van der Waals surface area contributed by atoms with E-state index in [0.717, 1.165) is 43.4 Å². The zero-order valence-electron chi connectivity index (χ0n) is 18.9. The van der Waals surface area contributed by atoms with Crippen LogP contribution in [0.5, 0.6) is 5.75 Å². The molecule has 1 aliphatic heterocycles. The third kappa shape index (κ3) is 6.81. The Kier molecular flexibility index (Phi) is 9.08.